The van der Waals surface area contributed by atoms with Crippen molar-refractivity contribution in [3.05, 3.63) is 37.7 Å². The molecule has 3 N–H and O–H groups in total. The van der Waals surface area contributed by atoms with E-state index >= 15 is 0 Å². The van der Waals surface area contributed by atoms with E-state index in [1.54, 1.807) is 40.3 Å². The number of rotatable bonds is 2. The Morgan fingerprint density at radius 2 is 1.77 bits per heavy atom. The summed E-state index contributed by atoms with van der Waals surface area (Å²) in [6, 6.07) is -0.103. The van der Waals surface area contributed by atoms with Crippen molar-refractivity contribution in [2.24, 2.45) is 11.8 Å². The standard InChI is InChI=1S/C23H24N10O7P2S/c24-19-17-21(27-8-26-19)32(10-28-17)15-3-12-5-38-42(35,43)40-16-4-13(6-36-41(34)37-7-14(12)15)39-23(16)33-11-29-18-20-25-1-2-31(20)9-30-22(18)33/h1-2,8-16,23H,3-7H2,(H2-,24,26,27,35,43)/p+1/t12-,13+,14-,15-,16-,23-,42?/m1/s1. The van der Waals surface area contributed by atoms with E-state index in [0.29, 0.717) is 34.4 Å². The summed E-state index contributed by atoms with van der Waals surface area (Å²) >= 11 is 5.46. The van der Waals surface area contributed by atoms with Crippen molar-refractivity contribution in [1.29, 1.82) is 0 Å². The lowest BCUT2D eigenvalue weighted by Gasteiger charge is -2.44. The highest BCUT2D eigenvalue weighted by atomic mass is 32.5. The van der Waals surface area contributed by atoms with Gasteiger partial charge in [0.25, 0.3) is 0 Å². The van der Waals surface area contributed by atoms with Crippen LogP contribution in [0.3, 0.4) is 0 Å². The molecule has 7 heterocycles. The average molecular weight is 648 g/mol. The highest BCUT2D eigenvalue weighted by Crippen LogP contribution is 2.53. The molecule has 1 aliphatic carbocycles. The molecule has 0 aromatic carbocycles. The van der Waals surface area contributed by atoms with E-state index in [9.17, 15) is 9.46 Å². The summed E-state index contributed by atoms with van der Waals surface area (Å²) in [5, 5.41) is 0. The molecule has 8 rings (SSSR count). The molecule has 43 heavy (non-hydrogen) atoms. The Hall–Kier alpha value is -3.05. The molecule has 1 saturated carbocycles. The summed E-state index contributed by atoms with van der Waals surface area (Å²) in [7, 11) is -2.45. The van der Waals surface area contributed by atoms with Crippen LogP contribution in [0.5, 0.6) is 0 Å². The molecule has 2 bridgehead atoms. The second kappa shape index (κ2) is 10.5. The molecule has 20 heteroatoms. The third-order valence-electron chi connectivity index (χ3n) is 8.22. The fourth-order valence-corrected chi connectivity index (χ4v) is 8.21. The van der Waals surface area contributed by atoms with E-state index < -0.39 is 33.4 Å². The molecule has 0 spiro atoms. The Labute approximate surface area is 248 Å². The first-order chi connectivity index (χ1) is 20.8. The fraction of sp³-hybridized carbons (Fsp3) is 0.478. The summed E-state index contributed by atoms with van der Waals surface area (Å²) in [6.07, 6.45) is 8.56. The van der Waals surface area contributed by atoms with Crippen molar-refractivity contribution in [3.8, 4) is 0 Å². The predicted octanol–water partition coefficient (Wildman–Crippen LogP) is 2.29. The normalized spacial score (nSPS) is 33.0. The van der Waals surface area contributed by atoms with Crippen molar-refractivity contribution in [1.82, 2.24) is 43.4 Å². The van der Waals surface area contributed by atoms with Gasteiger partial charge in [-0.3, -0.25) is 8.97 Å². The topological polar surface area (TPSA) is 201 Å². The van der Waals surface area contributed by atoms with Crippen LogP contribution >= 0.6 is 15.0 Å². The summed E-state index contributed by atoms with van der Waals surface area (Å²) in [4.78, 5) is 37.2. The zero-order valence-electron chi connectivity index (χ0n) is 22.3. The number of nitrogens with two attached hydrogens (primary N) is 1. The van der Waals surface area contributed by atoms with Crippen molar-refractivity contribution in [3.63, 3.8) is 0 Å². The second-order valence-electron chi connectivity index (χ2n) is 10.6. The molecule has 5 aromatic rings. The fourth-order valence-electron chi connectivity index (χ4n) is 6.07. The number of aromatic nitrogens is 9. The summed E-state index contributed by atoms with van der Waals surface area (Å²) in [5.74, 6) is 0.0232. The Balaban J connectivity index is 1.05. The number of imidazole rings is 3. The molecular formula is C23H25N10O7P2S+. The minimum atomic E-state index is -3.72. The van der Waals surface area contributed by atoms with Gasteiger partial charge in [0.1, 0.15) is 37.5 Å². The number of hydrogen-bond donors (Lipinski definition) is 2. The maximum Gasteiger partial charge on any atom is 0.697 e. The van der Waals surface area contributed by atoms with E-state index in [0.717, 1.165) is 0 Å². The van der Waals surface area contributed by atoms with Crippen LogP contribution in [0, 0.1) is 11.8 Å². The maximum absolute atomic E-state index is 12.8. The van der Waals surface area contributed by atoms with E-state index in [2.05, 4.69) is 29.9 Å². The maximum atomic E-state index is 12.8. The van der Waals surface area contributed by atoms with Gasteiger partial charge < -0.3 is 29.0 Å². The quantitative estimate of drug-likeness (QED) is 0.264. The number of nitrogens with zero attached hydrogens (tertiary/aromatic N) is 9. The van der Waals surface area contributed by atoms with E-state index in [1.165, 1.54) is 6.33 Å². The van der Waals surface area contributed by atoms with Gasteiger partial charge in [-0.05, 0) is 24.1 Å². The van der Waals surface area contributed by atoms with Crippen molar-refractivity contribution in [2.45, 2.75) is 37.3 Å². The lowest BCUT2D eigenvalue weighted by Crippen LogP contribution is -2.43. The van der Waals surface area contributed by atoms with Gasteiger partial charge in [-0.2, -0.15) is 0 Å². The van der Waals surface area contributed by atoms with Gasteiger partial charge in [0.15, 0.2) is 34.5 Å². The molecule has 2 saturated heterocycles. The van der Waals surface area contributed by atoms with Crippen molar-refractivity contribution < 1.29 is 32.3 Å². The van der Waals surface area contributed by atoms with Gasteiger partial charge in [-0.1, -0.05) is 0 Å². The van der Waals surface area contributed by atoms with Crippen LogP contribution < -0.4 is 5.73 Å². The predicted molar refractivity (Wildman–Crippen MR) is 152 cm³/mol. The van der Waals surface area contributed by atoms with Gasteiger partial charge in [0.05, 0.1) is 25.4 Å². The molecule has 3 fully saturated rings. The van der Waals surface area contributed by atoms with E-state index in [-0.39, 0.29) is 49.9 Å². The van der Waals surface area contributed by atoms with Crippen LogP contribution in [0.1, 0.15) is 25.1 Å². The largest absolute Gasteiger partial charge is 0.697 e. The summed E-state index contributed by atoms with van der Waals surface area (Å²) in [5.41, 5.74) is 8.77. The second-order valence-corrected chi connectivity index (χ2v) is 14.4. The smallest absolute Gasteiger partial charge is 0.382 e. The minimum absolute atomic E-state index is 0.0365. The van der Waals surface area contributed by atoms with Gasteiger partial charge >= 0.3 is 15.0 Å². The molecule has 0 radical (unpaired) electrons. The highest BCUT2D eigenvalue weighted by Gasteiger charge is 2.48. The molecule has 224 valence electrons. The average Bonchev–Trinajstić information content (AvgIpc) is 3.76. The van der Waals surface area contributed by atoms with E-state index in [4.69, 9.17) is 40.4 Å². The Bertz CT molecular complexity index is 1920. The molecule has 3 aliphatic rings. The Morgan fingerprint density at radius 1 is 0.953 bits per heavy atom. The zero-order valence-corrected chi connectivity index (χ0v) is 24.9. The SMILES string of the molecule is Nc1ncnc2c1ncn2[C@@H]1C[C@@H]2COP(O)(=S)O[C@@H]3C[C@@H](CO[P+](=O)OC[C@H]21)O[C@H]3n1cnc2c1ncn1ccnc21. The van der Waals surface area contributed by atoms with Crippen LogP contribution in [0.4, 0.5) is 5.82 Å². The number of anilines is 1. The zero-order chi connectivity index (χ0) is 29.3. The molecule has 8 atom stereocenters. The minimum Gasteiger partial charge on any atom is -0.382 e. The summed E-state index contributed by atoms with van der Waals surface area (Å²) in [6.45, 7) is -3.54. The number of nitrogen functional groups attached to an aromatic ring is 1. The lowest BCUT2D eigenvalue weighted by atomic mass is 9.70. The van der Waals surface area contributed by atoms with Crippen LogP contribution in [-0.2, 0) is 39.2 Å². The Kier molecular flexibility index (Phi) is 6.74. The first kappa shape index (κ1) is 27.5. The molecule has 5 aromatic heterocycles. The van der Waals surface area contributed by atoms with Crippen LogP contribution in [0.25, 0.3) is 28.0 Å². The molecule has 2 aliphatic heterocycles. The van der Waals surface area contributed by atoms with Gasteiger partial charge in [-0.25, -0.2) is 29.9 Å². The van der Waals surface area contributed by atoms with Gasteiger partial charge in [-0.15, -0.1) is 9.05 Å². The van der Waals surface area contributed by atoms with E-state index in [1.807, 2.05) is 4.57 Å². The third kappa shape index (κ3) is 4.83. The van der Waals surface area contributed by atoms with Gasteiger partial charge in [0.2, 0.25) is 0 Å². The summed E-state index contributed by atoms with van der Waals surface area (Å²) < 4.78 is 47.6. The third-order valence-corrected chi connectivity index (χ3v) is 10.5. The van der Waals surface area contributed by atoms with Gasteiger partial charge in [0, 0.05) is 35.3 Å². The number of hydrogen-bond acceptors (Lipinski definition) is 14. The molecule has 17 nitrogen and oxygen atoms in total. The van der Waals surface area contributed by atoms with Crippen molar-refractivity contribution >= 4 is 60.6 Å². The highest BCUT2D eigenvalue weighted by molar-refractivity contribution is 8.07. The van der Waals surface area contributed by atoms with Crippen LogP contribution in [0.15, 0.2) is 37.7 Å². The number of ether oxygens (including phenoxy) is 1. The number of fused-ring (bicyclic) bond motifs is 7. The molecule has 0 amide bonds. The monoisotopic (exact) mass is 647 g/mol. The molecular weight excluding hydrogens is 622 g/mol. The van der Waals surface area contributed by atoms with Crippen LogP contribution in [-0.4, -0.2) is 80.4 Å². The Morgan fingerprint density at radius 3 is 2.67 bits per heavy atom. The van der Waals surface area contributed by atoms with Crippen LogP contribution in [0.2, 0.25) is 0 Å². The first-order valence-electron chi connectivity index (χ1n) is 13.5. The first-order valence-corrected chi connectivity index (χ1v) is 17.1. The lowest BCUT2D eigenvalue weighted by molar-refractivity contribution is -0.0439. The molecule has 2 unspecified atom stereocenters. The van der Waals surface area contributed by atoms with Crippen molar-refractivity contribution in [2.75, 3.05) is 25.6 Å².